The van der Waals surface area contributed by atoms with E-state index < -0.39 is 76.2 Å². The minimum Gasteiger partial charge on any atom is -0.461 e. The van der Waals surface area contributed by atoms with Gasteiger partial charge < -0.3 is 29.2 Å². The second kappa shape index (κ2) is 10.5. The summed E-state index contributed by atoms with van der Waals surface area (Å²) in [5.74, 6) is -4.29. The highest BCUT2D eigenvalue weighted by molar-refractivity contribution is 5.92. The highest BCUT2D eigenvalue weighted by atomic mass is 16.6. The fraction of sp³-hybridized carbons (Fsp3) is 0.636. The molecule has 43 heavy (non-hydrogen) atoms. The zero-order valence-corrected chi connectivity index (χ0v) is 25.8. The van der Waals surface area contributed by atoms with Gasteiger partial charge in [0.1, 0.15) is 29.7 Å². The SMILES string of the molecule is CCC(=O)O[C@H]1C[C@H]2OC[C@@]2(OC(C)=O)[C@H]2[C@H](OC(=O)c3ccccc3)[C@]3(O)C[C@H](O)C(C)=C([C@@H](C)C(=O)[C@]12C)C3(C)C. The molecule has 9 atom stereocenters. The average molecular weight is 599 g/mol. The van der Waals surface area contributed by atoms with Gasteiger partial charge in [-0.25, -0.2) is 4.79 Å². The smallest absolute Gasteiger partial charge is 0.338 e. The molecule has 0 radical (unpaired) electrons. The summed E-state index contributed by atoms with van der Waals surface area (Å²) >= 11 is 0. The molecule has 0 unspecified atom stereocenters. The molecular formula is C33H42O10. The molecule has 4 aliphatic rings. The van der Waals surface area contributed by atoms with Crippen LogP contribution >= 0.6 is 0 Å². The molecule has 2 bridgehead atoms. The third-order valence-corrected chi connectivity index (χ3v) is 10.8. The lowest BCUT2D eigenvalue weighted by Gasteiger charge is -2.67. The molecule has 1 aromatic rings. The number of hydrogen-bond donors (Lipinski definition) is 2. The van der Waals surface area contributed by atoms with E-state index in [2.05, 4.69) is 0 Å². The van der Waals surface area contributed by atoms with Gasteiger partial charge in [-0.3, -0.25) is 14.4 Å². The van der Waals surface area contributed by atoms with E-state index in [0.717, 1.165) is 0 Å². The minimum atomic E-state index is -1.95. The Morgan fingerprint density at radius 2 is 1.74 bits per heavy atom. The predicted octanol–water partition coefficient (Wildman–Crippen LogP) is 3.32. The van der Waals surface area contributed by atoms with E-state index in [4.69, 9.17) is 18.9 Å². The van der Waals surface area contributed by atoms with E-state index in [1.54, 1.807) is 71.9 Å². The Bertz CT molecular complexity index is 1370. The summed E-state index contributed by atoms with van der Waals surface area (Å²) in [5, 5.41) is 24.3. The summed E-state index contributed by atoms with van der Waals surface area (Å²) in [6, 6.07) is 8.24. The van der Waals surface area contributed by atoms with Gasteiger partial charge in [0.2, 0.25) is 0 Å². The van der Waals surface area contributed by atoms with Crippen LogP contribution in [0.25, 0.3) is 0 Å². The number of rotatable bonds is 5. The standard InChI is InChI=1S/C33H42O10/c1-8-24(36)41-22-14-23-32(16-40-23,43-19(4)34)26-28(42-29(38)20-12-10-9-11-13-20)33(39)15-21(35)17(2)25(30(33,5)6)18(3)27(37)31(22,26)7/h9-13,18,21-23,26,28,35,39H,8,14-16H2,1-7H3/t18-,21+,22+,23-,26+,28+,31-,32+,33-/m1/s1. The van der Waals surface area contributed by atoms with Crippen molar-refractivity contribution in [3.05, 3.63) is 47.0 Å². The molecule has 0 aromatic heterocycles. The highest BCUT2D eigenvalue weighted by Gasteiger charge is 2.78. The Hall–Kier alpha value is -3.08. The first-order valence-electron chi connectivity index (χ1n) is 15.0. The Labute approximate surface area is 251 Å². The number of aliphatic hydroxyl groups is 2. The molecule has 10 nitrogen and oxygen atoms in total. The lowest BCUT2D eigenvalue weighted by molar-refractivity contribution is -0.346. The average Bonchev–Trinajstić information content (AvgIpc) is 2.94. The Morgan fingerprint density at radius 1 is 1.09 bits per heavy atom. The van der Waals surface area contributed by atoms with Crippen LogP contribution in [-0.4, -0.2) is 76.1 Å². The minimum absolute atomic E-state index is 0.0570. The number of esters is 3. The van der Waals surface area contributed by atoms with E-state index >= 15 is 0 Å². The fourth-order valence-corrected chi connectivity index (χ4v) is 8.55. The summed E-state index contributed by atoms with van der Waals surface area (Å²) in [4.78, 5) is 54.2. The van der Waals surface area contributed by atoms with Crippen LogP contribution < -0.4 is 0 Å². The second-order valence-electron chi connectivity index (χ2n) is 13.3. The van der Waals surface area contributed by atoms with Gasteiger partial charge in [-0.15, -0.1) is 0 Å². The number of fused-ring (bicyclic) bond motifs is 5. The molecule has 1 aliphatic heterocycles. The number of carbonyl (C=O) groups is 4. The molecule has 1 aromatic carbocycles. The molecule has 2 N–H and O–H groups in total. The zero-order valence-electron chi connectivity index (χ0n) is 25.8. The van der Waals surface area contributed by atoms with Crippen molar-refractivity contribution >= 4 is 23.7 Å². The molecule has 234 valence electrons. The van der Waals surface area contributed by atoms with Gasteiger partial charge in [0.15, 0.2) is 5.60 Å². The first-order valence-corrected chi connectivity index (χ1v) is 15.0. The van der Waals surface area contributed by atoms with Gasteiger partial charge in [-0.2, -0.15) is 0 Å². The summed E-state index contributed by atoms with van der Waals surface area (Å²) in [6.45, 7) is 11.4. The molecule has 3 aliphatic carbocycles. The first kappa shape index (κ1) is 31.3. The van der Waals surface area contributed by atoms with Crippen LogP contribution in [0.4, 0.5) is 0 Å². The summed E-state index contributed by atoms with van der Waals surface area (Å²) < 4.78 is 24.2. The second-order valence-corrected chi connectivity index (χ2v) is 13.3. The van der Waals surface area contributed by atoms with Crippen LogP contribution in [0.3, 0.4) is 0 Å². The number of benzene rings is 1. The monoisotopic (exact) mass is 598 g/mol. The van der Waals surface area contributed by atoms with Crippen molar-refractivity contribution < 1.29 is 48.3 Å². The van der Waals surface area contributed by atoms with E-state index in [9.17, 15) is 29.4 Å². The molecule has 1 saturated heterocycles. The molecular weight excluding hydrogens is 556 g/mol. The molecule has 1 heterocycles. The topological polar surface area (TPSA) is 146 Å². The van der Waals surface area contributed by atoms with Crippen molar-refractivity contribution in [2.45, 2.75) is 103 Å². The van der Waals surface area contributed by atoms with Gasteiger partial charge in [0.25, 0.3) is 0 Å². The third-order valence-electron chi connectivity index (χ3n) is 10.8. The van der Waals surface area contributed by atoms with Crippen LogP contribution in [0.1, 0.15) is 78.1 Å². The molecule has 0 amide bonds. The molecule has 10 heteroatoms. The maximum Gasteiger partial charge on any atom is 0.338 e. The first-order chi connectivity index (χ1) is 20.1. The Morgan fingerprint density at radius 3 is 2.30 bits per heavy atom. The Kier molecular flexibility index (Phi) is 7.67. The maximum absolute atomic E-state index is 15.0. The van der Waals surface area contributed by atoms with E-state index in [-0.39, 0.29) is 37.2 Å². The largest absolute Gasteiger partial charge is 0.461 e. The predicted molar refractivity (Wildman–Crippen MR) is 152 cm³/mol. The van der Waals surface area contributed by atoms with Crippen LogP contribution in [0.5, 0.6) is 0 Å². The van der Waals surface area contributed by atoms with Gasteiger partial charge in [-0.1, -0.05) is 45.9 Å². The lowest BCUT2D eigenvalue weighted by Crippen LogP contribution is -2.81. The Balaban J connectivity index is 1.83. The number of ketones is 1. The van der Waals surface area contributed by atoms with Crippen LogP contribution in [0.2, 0.25) is 0 Å². The quantitative estimate of drug-likeness (QED) is 0.294. The molecule has 2 saturated carbocycles. The van der Waals surface area contributed by atoms with Gasteiger partial charge >= 0.3 is 17.9 Å². The lowest BCUT2D eigenvalue weighted by atomic mass is 9.43. The van der Waals surface area contributed by atoms with Crippen molar-refractivity contribution in [2.75, 3.05) is 6.61 Å². The van der Waals surface area contributed by atoms with Gasteiger partial charge in [0, 0.05) is 37.5 Å². The highest BCUT2D eigenvalue weighted by Crippen LogP contribution is 2.65. The third kappa shape index (κ3) is 4.39. The van der Waals surface area contributed by atoms with E-state index in [0.29, 0.717) is 11.1 Å². The van der Waals surface area contributed by atoms with Crippen LogP contribution in [-0.2, 0) is 33.3 Å². The summed E-state index contributed by atoms with van der Waals surface area (Å²) in [7, 11) is 0. The normalized spacial score (nSPS) is 39.7. The van der Waals surface area contributed by atoms with Crippen molar-refractivity contribution in [2.24, 2.45) is 22.7 Å². The van der Waals surface area contributed by atoms with Crippen molar-refractivity contribution in [1.29, 1.82) is 0 Å². The molecule has 5 rings (SSSR count). The van der Waals surface area contributed by atoms with Gasteiger partial charge in [-0.05, 0) is 37.1 Å². The van der Waals surface area contributed by atoms with Crippen molar-refractivity contribution in [1.82, 2.24) is 0 Å². The van der Waals surface area contributed by atoms with Gasteiger partial charge in [0.05, 0.1) is 29.6 Å². The van der Waals surface area contributed by atoms with E-state index in [1.165, 1.54) is 6.92 Å². The summed E-state index contributed by atoms with van der Waals surface area (Å²) in [6.07, 6.45) is -4.57. The molecule has 0 spiro atoms. The van der Waals surface area contributed by atoms with Crippen LogP contribution in [0.15, 0.2) is 41.5 Å². The zero-order chi connectivity index (χ0) is 31.7. The number of ether oxygens (including phenoxy) is 4. The summed E-state index contributed by atoms with van der Waals surface area (Å²) in [5.41, 5.74) is -4.91. The number of hydrogen-bond acceptors (Lipinski definition) is 10. The molecule has 3 fully saturated rings. The fourth-order valence-electron chi connectivity index (χ4n) is 8.55. The van der Waals surface area contributed by atoms with E-state index in [1.807, 2.05) is 0 Å². The number of Topliss-reactive ketones (excluding diaryl/α,β-unsaturated/α-hetero) is 1. The number of carbonyl (C=O) groups excluding carboxylic acids is 4. The maximum atomic E-state index is 15.0. The van der Waals surface area contributed by atoms with Crippen LogP contribution in [0, 0.1) is 22.7 Å². The van der Waals surface area contributed by atoms with Crippen molar-refractivity contribution in [3.8, 4) is 0 Å². The number of aliphatic hydroxyl groups excluding tert-OH is 1. The van der Waals surface area contributed by atoms with Crippen molar-refractivity contribution in [3.63, 3.8) is 0 Å².